The first-order valence-corrected chi connectivity index (χ1v) is 7.10. The van der Waals surface area contributed by atoms with Gasteiger partial charge in [-0.3, -0.25) is 0 Å². The highest BCUT2D eigenvalue weighted by molar-refractivity contribution is 4.70. The molecule has 2 nitrogen and oxygen atoms in total. The molecule has 0 aliphatic heterocycles. The number of nitrogens with one attached hydrogen (secondary N) is 1. The molecule has 1 saturated carbocycles. The third-order valence-corrected chi connectivity index (χ3v) is 3.20. The van der Waals surface area contributed by atoms with Crippen molar-refractivity contribution in [1.29, 1.82) is 0 Å². The third kappa shape index (κ3) is 7.24. The first-order chi connectivity index (χ1) is 7.79. The van der Waals surface area contributed by atoms with Crippen LogP contribution in [-0.4, -0.2) is 25.8 Å². The van der Waals surface area contributed by atoms with Crippen molar-refractivity contribution in [2.24, 2.45) is 5.92 Å². The van der Waals surface area contributed by atoms with E-state index in [1.165, 1.54) is 38.5 Å². The minimum absolute atomic E-state index is 0.662. The van der Waals surface area contributed by atoms with Crippen LogP contribution in [0.3, 0.4) is 0 Å². The molecule has 1 rings (SSSR count). The molecular formula is C14H29NO. The highest BCUT2D eigenvalue weighted by atomic mass is 16.5. The van der Waals surface area contributed by atoms with Crippen LogP contribution in [-0.2, 0) is 4.74 Å². The van der Waals surface area contributed by atoms with Crippen molar-refractivity contribution in [2.75, 3.05) is 19.8 Å². The lowest BCUT2D eigenvalue weighted by molar-refractivity contribution is 0.107. The molecule has 1 fully saturated rings. The standard InChI is InChI=1S/C14H29NO/c1-13(2)12-16-11-7-10-15-14-8-5-3-4-6-9-14/h13-15H,3-12H2,1-2H3. The second-order valence-electron chi connectivity index (χ2n) is 5.46. The summed E-state index contributed by atoms with van der Waals surface area (Å²) >= 11 is 0. The van der Waals surface area contributed by atoms with Gasteiger partial charge in [0.05, 0.1) is 0 Å². The molecule has 0 spiro atoms. The first-order valence-electron chi connectivity index (χ1n) is 7.10. The quantitative estimate of drug-likeness (QED) is 0.532. The Morgan fingerprint density at radius 1 is 1.12 bits per heavy atom. The predicted molar refractivity (Wildman–Crippen MR) is 69.8 cm³/mol. The van der Waals surface area contributed by atoms with E-state index in [1.54, 1.807) is 0 Å². The van der Waals surface area contributed by atoms with Crippen molar-refractivity contribution >= 4 is 0 Å². The second kappa shape index (κ2) is 9.00. The minimum Gasteiger partial charge on any atom is -0.381 e. The number of hydrogen-bond donors (Lipinski definition) is 1. The molecule has 0 aromatic heterocycles. The summed E-state index contributed by atoms with van der Waals surface area (Å²) in [5.74, 6) is 0.662. The van der Waals surface area contributed by atoms with Crippen LogP contribution in [0.5, 0.6) is 0 Å². The molecule has 0 bridgehead atoms. The molecule has 96 valence electrons. The molecule has 1 N–H and O–H groups in total. The van der Waals surface area contributed by atoms with Crippen LogP contribution in [0.25, 0.3) is 0 Å². The van der Waals surface area contributed by atoms with Gasteiger partial charge in [0.25, 0.3) is 0 Å². The summed E-state index contributed by atoms with van der Waals surface area (Å²) in [6.07, 6.45) is 9.64. The Morgan fingerprint density at radius 2 is 1.81 bits per heavy atom. The number of hydrogen-bond acceptors (Lipinski definition) is 2. The topological polar surface area (TPSA) is 21.3 Å². The number of ether oxygens (including phenoxy) is 1. The molecule has 0 aromatic carbocycles. The molecule has 0 saturated heterocycles. The molecule has 16 heavy (non-hydrogen) atoms. The zero-order chi connectivity index (χ0) is 11.6. The van der Waals surface area contributed by atoms with Gasteiger partial charge in [-0.05, 0) is 31.7 Å². The van der Waals surface area contributed by atoms with Gasteiger partial charge in [0, 0.05) is 19.3 Å². The van der Waals surface area contributed by atoms with Gasteiger partial charge in [-0.1, -0.05) is 39.5 Å². The van der Waals surface area contributed by atoms with Gasteiger partial charge in [0.2, 0.25) is 0 Å². The van der Waals surface area contributed by atoms with E-state index in [1.807, 2.05) is 0 Å². The van der Waals surface area contributed by atoms with Crippen molar-refractivity contribution < 1.29 is 4.74 Å². The molecule has 0 atom stereocenters. The van der Waals surface area contributed by atoms with Crippen molar-refractivity contribution in [3.63, 3.8) is 0 Å². The van der Waals surface area contributed by atoms with Gasteiger partial charge in [0.15, 0.2) is 0 Å². The van der Waals surface area contributed by atoms with E-state index in [0.717, 1.165) is 32.2 Å². The fraction of sp³-hybridized carbons (Fsp3) is 1.00. The fourth-order valence-electron chi connectivity index (χ4n) is 2.28. The van der Waals surface area contributed by atoms with Gasteiger partial charge >= 0.3 is 0 Å². The van der Waals surface area contributed by atoms with E-state index in [-0.39, 0.29) is 0 Å². The summed E-state index contributed by atoms with van der Waals surface area (Å²) in [6.45, 7) is 7.34. The van der Waals surface area contributed by atoms with Crippen molar-refractivity contribution in [3.8, 4) is 0 Å². The summed E-state index contributed by atoms with van der Waals surface area (Å²) in [5, 5.41) is 3.67. The van der Waals surface area contributed by atoms with Crippen molar-refractivity contribution in [2.45, 2.75) is 64.8 Å². The molecular weight excluding hydrogens is 198 g/mol. The molecule has 0 radical (unpaired) electrons. The Labute approximate surface area is 101 Å². The smallest absolute Gasteiger partial charge is 0.0489 e. The molecule has 0 aromatic rings. The van der Waals surface area contributed by atoms with E-state index in [4.69, 9.17) is 4.74 Å². The summed E-state index contributed by atoms with van der Waals surface area (Å²) in [4.78, 5) is 0. The maximum atomic E-state index is 5.57. The maximum Gasteiger partial charge on any atom is 0.0489 e. The van der Waals surface area contributed by atoms with Crippen LogP contribution in [0.2, 0.25) is 0 Å². The zero-order valence-electron chi connectivity index (χ0n) is 11.1. The lowest BCUT2D eigenvalue weighted by Crippen LogP contribution is -2.29. The van der Waals surface area contributed by atoms with Crippen molar-refractivity contribution in [1.82, 2.24) is 5.32 Å². The minimum atomic E-state index is 0.662. The molecule has 1 aliphatic carbocycles. The Kier molecular flexibility index (Phi) is 7.87. The Morgan fingerprint density at radius 3 is 2.44 bits per heavy atom. The summed E-state index contributed by atoms with van der Waals surface area (Å²) in [5.41, 5.74) is 0. The van der Waals surface area contributed by atoms with Crippen LogP contribution in [0.4, 0.5) is 0 Å². The van der Waals surface area contributed by atoms with Gasteiger partial charge < -0.3 is 10.1 Å². The summed E-state index contributed by atoms with van der Waals surface area (Å²) in [6, 6.07) is 0.785. The second-order valence-corrected chi connectivity index (χ2v) is 5.46. The van der Waals surface area contributed by atoms with Gasteiger partial charge in [0.1, 0.15) is 0 Å². The average molecular weight is 227 g/mol. The average Bonchev–Trinajstić information content (AvgIpc) is 2.51. The molecule has 1 aliphatic rings. The first kappa shape index (κ1) is 14.0. The van der Waals surface area contributed by atoms with Crippen LogP contribution < -0.4 is 5.32 Å². The Bertz CT molecular complexity index is 151. The lowest BCUT2D eigenvalue weighted by atomic mass is 10.1. The van der Waals surface area contributed by atoms with E-state index in [9.17, 15) is 0 Å². The van der Waals surface area contributed by atoms with Crippen LogP contribution >= 0.6 is 0 Å². The monoisotopic (exact) mass is 227 g/mol. The van der Waals surface area contributed by atoms with E-state index in [2.05, 4.69) is 19.2 Å². The van der Waals surface area contributed by atoms with E-state index in [0.29, 0.717) is 5.92 Å². The molecule has 0 amide bonds. The third-order valence-electron chi connectivity index (χ3n) is 3.20. The Hall–Kier alpha value is -0.0800. The Balaban J connectivity index is 1.89. The van der Waals surface area contributed by atoms with Gasteiger partial charge in [-0.2, -0.15) is 0 Å². The largest absolute Gasteiger partial charge is 0.381 e. The SMILES string of the molecule is CC(C)COCCCNC1CCCCCC1. The van der Waals surface area contributed by atoms with E-state index >= 15 is 0 Å². The fourth-order valence-corrected chi connectivity index (χ4v) is 2.28. The van der Waals surface area contributed by atoms with Gasteiger partial charge in [-0.25, -0.2) is 0 Å². The highest BCUT2D eigenvalue weighted by Crippen LogP contribution is 2.16. The van der Waals surface area contributed by atoms with Crippen LogP contribution in [0.15, 0.2) is 0 Å². The molecule has 2 heteroatoms. The zero-order valence-corrected chi connectivity index (χ0v) is 11.1. The molecule has 0 heterocycles. The molecule has 0 unspecified atom stereocenters. The predicted octanol–water partition coefficient (Wildman–Crippen LogP) is 3.36. The normalized spacial score (nSPS) is 18.9. The summed E-state index contributed by atoms with van der Waals surface area (Å²) < 4.78 is 5.57. The van der Waals surface area contributed by atoms with Crippen molar-refractivity contribution in [3.05, 3.63) is 0 Å². The van der Waals surface area contributed by atoms with Crippen LogP contribution in [0, 0.1) is 5.92 Å². The number of rotatable bonds is 7. The maximum absolute atomic E-state index is 5.57. The summed E-state index contributed by atoms with van der Waals surface area (Å²) in [7, 11) is 0. The van der Waals surface area contributed by atoms with E-state index < -0.39 is 0 Å². The highest BCUT2D eigenvalue weighted by Gasteiger charge is 2.10. The van der Waals surface area contributed by atoms with Gasteiger partial charge in [-0.15, -0.1) is 0 Å². The van der Waals surface area contributed by atoms with Crippen LogP contribution in [0.1, 0.15) is 58.8 Å². The lowest BCUT2D eigenvalue weighted by Gasteiger charge is -2.16.